The minimum Gasteiger partial charge on any atom is -0.483 e. The molecule has 0 bridgehead atoms. The predicted molar refractivity (Wildman–Crippen MR) is 111 cm³/mol. The van der Waals surface area contributed by atoms with Gasteiger partial charge in [0.1, 0.15) is 5.75 Å². The standard InChI is InChI=1S/C19H20Br2N2O4/c1-26-9-3-8-22-19(25)13-4-2-5-15(10-13)23-18(24)12-27-17-7-6-14(20)11-16(17)21/h2,4-7,10-11H,3,8-9,12H2,1H3,(H,22,25)(H,23,24). The quantitative estimate of drug-likeness (QED) is 0.511. The van der Waals surface area contributed by atoms with Crippen molar-refractivity contribution in [3.8, 4) is 5.75 Å². The third kappa shape index (κ3) is 7.32. The van der Waals surface area contributed by atoms with Crippen LogP contribution in [0.15, 0.2) is 51.4 Å². The highest BCUT2D eigenvalue weighted by atomic mass is 79.9. The summed E-state index contributed by atoms with van der Waals surface area (Å²) in [5.41, 5.74) is 1.00. The summed E-state index contributed by atoms with van der Waals surface area (Å²) in [7, 11) is 1.62. The third-order valence-corrected chi connectivity index (χ3v) is 4.58. The van der Waals surface area contributed by atoms with E-state index in [4.69, 9.17) is 9.47 Å². The molecule has 27 heavy (non-hydrogen) atoms. The van der Waals surface area contributed by atoms with E-state index in [1.165, 1.54) is 0 Å². The Bertz CT molecular complexity index is 799. The van der Waals surface area contributed by atoms with E-state index in [1.54, 1.807) is 37.4 Å². The van der Waals surface area contributed by atoms with Gasteiger partial charge in [0.05, 0.1) is 4.47 Å². The molecule has 0 aliphatic carbocycles. The molecule has 0 radical (unpaired) electrons. The molecule has 0 aliphatic heterocycles. The average Bonchev–Trinajstić information content (AvgIpc) is 2.64. The number of ether oxygens (including phenoxy) is 2. The van der Waals surface area contributed by atoms with E-state index in [9.17, 15) is 9.59 Å². The van der Waals surface area contributed by atoms with Crippen LogP contribution < -0.4 is 15.4 Å². The molecule has 0 aliphatic rings. The first kappa shape index (κ1) is 21.4. The van der Waals surface area contributed by atoms with Gasteiger partial charge >= 0.3 is 0 Å². The zero-order valence-corrected chi connectivity index (χ0v) is 17.9. The number of carbonyl (C=O) groups excluding carboxylic acids is 2. The number of methoxy groups -OCH3 is 1. The summed E-state index contributed by atoms with van der Waals surface area (Å²) in [6, 6.07) is 12.2. The Morgan fingerprint density at radius 2 is 1.93 bits per heavy atom. The molecule has 0 aromatic heterocycles. The van der Waals surface area contributed by atoms with Crippen LogP contribution in [-0.4, -0.2) is 38.7 Å². The minimum absolute atomic E-state index is 0.145. The molecule has 0 heterocycles. The molecular formula is C19H20Br2N2O4. The number of rotatable bonds is 9. The van der Waals surface area contributed by atoms with Crippen LogP contribution in [0.25, 0.3) is 0 Å². The fraction of sp³-hybridized carbons (Fsp3) is 0.263. The van der Waals surface area contributed by atoms with Crippen LogP contribution in [0.4, 0.5) is 5.69 Å². The van der Waals surface area contributed by atoms with Gasteiger partial charge in [-0.05, 0) is 58.7 Å². The van der Waals surface area contributed by atoms with E-state index in [-0.39, 0.29) is 18.4 Å². The molecule has 0 unspecified atom stereocenters. The van der Waals surface area contributed by atoms with Crippen molar-refractivity contribution in [2.24, 2.45) is 0 Å². The normalized spacial score (nSPS) is 10.3. The first-order chi connectivity index (χ1) is 13.0. The summed E-state index contributed by atoms with van der Waals surface area (Å²) >= 11 is 6.74. The van der Waals surface area contributed by atoms with Crippen molar-refractivity contribution in [2.45, 2.75) is 6.42 Å². The number of benzene rings is 2. The van der Waals surface area contributed by atoms with Crippen LogP contribution in [0.1, 0.15) is 16.8 Å². The smallest absolute Gasteiger partial charge is 0.262 e. The van der Waals surface area contributed by atoms with E-state index in [0.29, 0.717) is 30.2 Å². The zero-order valence-electron chi connectivity index (χ0n) is 14.8. The van der Waals surface area contributed by atoms with Gasteiger partial charge in [-0.2, -0.15) is 0 Å². The number of nitrogens with one attached hydrogen (secondary N) is 2. The van der Waals surface area contributed by atoms with Crippen molar-refractivity contribution in [3.63, 3.8) is 0 Å². The van der Waals surface area contributed by atoms with Gasteiger partial charge in [0.15, 0.2) is 6.61 Å². The lowest BCUT2D eigenvalue weighted by molar-refractivity contribution is -0.118. The Labute approximate surface area is 174 Å². The summed E-state index contributed by atoms with van der Waals surface area (Å²) in [6.07, 6.45) is 0.738. The number of hydrogen-bond donors (Lipinski definition) is 2. The molecule has 144 valence electrons. The molecule has 0 spiro atoms. The predicted octanol–water partition coefficient (Wildman–Crippen LogP) is 4.00. The maximum atomic E-state index is 12.1. The molecule has 2 aromatic rings. The highest BCUT2D eigenvalue weighted by Gasteiger charge is 2.09. The monoisotopic (exact) mass is 498 g/mol. The Morgan fingerprint density at radius 1 is 1.11 bits per heavy atom. The Hall–Kier alpha value is -1.90. The third-order valence-electron chi connectivity index (χ3n) is 3.47. The molecule has 0 fully saturated rings. The van der Waals surface area contributed by atoms with Gasteiger partial charge in [0.25, 0.3) is 11.8 Å². The summed E-state index contributed by atoms with van der Waals surface area (Å²) in [5, 5.41) is 5.53. The van der Waals surface area contributed by atoms with Crippen LogP contribution >= 0.6 is 31.9 Å². The van der Waals surface area contributed by atoms with Gasteiger partial charge in [0.2, 0.25) is 0 Å². The van der Waals surface area contributed by atoms with Crippen LogP contribution in [0.2, 0.25) is 0 Å². The zero-order chi connectivity index (χ0) is 19.6. The summed E-state index contributed by atoms with van der Waals surface area (Å²) in [6.45, 7) is 0.970. The molecule has 2 aromatic carbocycles. The SMILES string of the molecule is COCCCNC(=O)c1cccc(NC(=O)COc2ccc(Br)cc2Br)c1. The Balaban J connectivity index is 1.87. The molecule has 6 nitrogen and oxygen atoms in total. The lowest BCUT2D eigenvalue weighted by Crippen LogP contribution is -2.25. The van der Waals surface area contributed by atoms with Crippen LogP contribution in [-0.2, 0) is 9.53 Å². The van der Waals surface area contributed by atoms with Gasteiger partial charge in [-0.1, -0.05) is 22.0 Å². The minimum atomic E-state index is -0.317. The second kappa shape index (κ2) is 11.1. The highest BCUT2D eigenvalue weighted by Crippen LogP contribution is 2.28. The first-order valence-corrected chi connectivity index (χ1v) is 9.83. The van der Waals surface area contributed by atoms with Crippen LogP contribution in [0.3, 0.4) is 0 Å². The highest BCUT2D eigenvalue weighted by molar-refractivity contribution is 9.11. The average molecular weight is 500 g/mol. The molecule has 2 rings (SSSR count). The lowest BCUT2D eigenvalue weighted by Gasteiger charge is -2.10. The van der Waals surface area contributed by atoms with Crippen LogP contribution in [0, 0.1) is 0 Å². The van der Waals surface area contributed by atoms with E-state index < -0.39 is 0 Å². The molecule has 2 amide bonds. The molecule has 0 saturated carbocycles. The fourth-order valence-corrected chi connectivity index (χ4v) is 3.35. The largest absolute Gasteiger partial charge is 0.483 e. The number of anilines is 1. The van der Waals surface area contributed by atoms with Gasteiger partial charge < -0.3 is 20.1 Å². The Morgan fingerprint density at radius 3 is 2.67 bits per heavy atom. The molecule has 8 heteroatoms. The number of amides is 2. The van der Waals surface area contributed by atoms with E-state index in [1.807, 2.05) is 12.1 Å². The van der Waals surface area contributed by atoms with Gasteiger partial charge in [0, 0.05) is 36.0 Å². The molecule has 0 atom stereocenters. The maximum absolute atomic E-state index is 12.1. The van der Waals surface area contributed by atoms with Crippen molar-refractivity contribution in [1.29, 1.82) is 0 Å². The van der Waals surface area contributed by atoms with E-state index in [0.717, 1.165) is 15.4 Å². The van der Waals surface area contributed by atoms with Gasteiger partial charge in [-0.25, -0.2) is 0 Å². The van der Waals surface area contributed by atoms with Crippen molar-refractivity contribution in [3.05, 3.63) is 57.0 Å². The second-order valence-electron chi connectivity index (χ2n) is 5.59. The van der Waals surface area contributed by atoms with Crippen molar-refractivity contribution < 1.29 is 19.1 Å². The maximum Gasteiger partial charge on any atom is 0.262 e. The van der Waals surface area contributed by atoms with Crippen molar-refractivity contribution >= 4 is 49.4 Å². The van der Waals surface area contributed by atoms with Gasteiger partial charge in [-0.3, -0.25) is 9.59 Å². The molecule has 0 saturated heterocycles. The number of hydrogen-bond acceptors (Lipinski definition) is 4. The second-order valence-corrected chi connectivity index (χ2v) is 7.36. The van der Waals surface area contributed by atoms with Crippen molar-refractivity contribution in [2.75, 3.05) is 32.2 Å². The fourth-order valence-electron chi connectivity index (χ4n) is 2.19. The lowest BCUT2D eigenvalue weighted by atomic mass is 10.2. The summed E-state index contributed by atoms with van der Waals surface area (Å²) < 4.78 is 12.1. The summed E-state index contributed by atoms with van der Waals surface area (Å²) in [4.78, 5) is 24.2. The summed E-state index contributed by atoms with van der Waals surface area (Å²) in [5.74, 6) is 0.0530. The van der Waals surface area contributed by atoms with Gasteiger partial charge in [-0.15, -0.1) is 0 Å². The molecular weight excluding hydrogens is 480 g/mol. The number of carbonyl (C=O) groups is 2. The van der Waals surface area contributed by atoms with E-state index >= 15 is 0 Å². The molecule has 2 N–H and O–H groups in total. The van der Waals surface area contributed by atoms with E-state index in [2.05, 4.69) is 42.5 Å². The first-order valence-electron chi connectivity index (χ1n) is 8.24. The Kier molecular flexibility index (Phi) is 8.77. The number of halogens is 2. The topological polar surface area (TPSA) is 76.7 Å². The van der Waals surface area contributed by atoms with Crippen LogP contribution in [0.5, 0.6) is 5.75 Å². The van der Waals surface area contributed by atoms with Crippen molar-refractivity contribution in [1.82, 2.24) is 5.32 Å².